The van der Waals surface area contributed by atoms with E-state index >= 15 is 0 Å². The van der Waals surface area contributed by atoms with Gasteiger partial charge in [-0.05, 0) is 36.4 Å². The first-order chi connectivity index (χ1) is 11.5. The van der Waals surface area contributed by atoms with E-state index in [9.17, 15) is 4.79 Å². The van der Waals surface area contributed by atoms with Crippen LogP contribution in [-0.4, -0.2) is 34.8 Å². The van der Waals surface area contributed by atoms with Crippen molar-refractivity contribution >= 4 is 28.9 Å². The molecule has 0 atom stereocenters. The maximum absolute atomic E-state index is 12.6. The summed E-state index contributed by atoms with van der Waals surface area (Å²) in [7, 11) is 3.80. The minimum absolute atomic E-state index is 0.299. The van der Waals surface area contributed by atoms with Crippen LogP contribution in [-0.2, 0) is 0 Å². The Morgan fingerprint density at radius 3 is 2.75 bits per heavy atom. The minimum atomic E-state index is -0.311. The number of rotatable bonds is 4. The summed E-state index contributed by atoms with van der Waals surface area (Å²) in [6, 6.07) is 10.6. The van der Waals surface area contributed by atoms with Gasteiger partial charge in [0.25, 0.3) is 5.91 Å². The van der Waals surface area contributed by atoms with Crippen LogP contribution < -0.4 is 10.2 Å². The van der Waals surface area contributed by atoms with E-state index in [0.717, 1.165) is 11.4 Å². The van der Waals surface area contributed by atoms with Gasteiger partial charge >= 0.3 is 0 Å². The van der Waals surface area contributed by atoms with Crippen LogP contribution in [0.1, 0.15) is 10.5 Å². The van der Waals surface area contributed by atoms with E-state index in [2.05, 4.69) is 15.4 Å². The Balaban J connectivity index is 1.88. The molecule has 2 heterocycles. The van der Waals surface area contributed by atoms with E-state index in [-0.39, 0.29) is 5.91 Å². The van der Waals surface area contributed by atoms with Crippen molar-refractivity contribution in [2.24, 2.45) is 0 Å². The van der Waals surface area contributed by atoms with Crippen molar-refractivity contribution in [2.75, 3.05) is 24.3 Å². The fourth-order valence-electron chi connectivity index (χ4n) is 2.29. The number of nitrogens with zero attached hydrogens (tertiary/aromatic N) is 4. The molecule has 0 spiro atoms. The zero-order valence-corrected chi connectivity index (χ0v) is 14.0. The number of nitrogens with one attached hydrogen (secondary N) is 1. The predicted molar refractivity (Wildman–Crippen MR) is 95.1 cm³/mol. The second-order valence-corrected chi connectivity index (χ2v) is 5.80. The maximum Gasteiger partial charge on any atom is 0.274 e. The summed E-state index contributed by atoms with van der Waals surface area (Å²) in [6.07, 6.45) is 5.06. The molecular formula is C17H16ClN5O. The number of benzene rings is 1. The SMILES string of the molecule is CN(C)c1ccc(Cl)cc1NC(=O)c1cc(-n2cccn2)ccn1. The smallest absolute Gasteiger partial charge is 0.274 e. The van der Waals surface area contributed by atoms with Crippen LogP contribution in [0.4, 0.5) is 11.4 Å². The van der Waals surface area contributed by atoms with Crippen LogP contribution in [0, 0.1) is 0 Å². The summed E-state index contributed by atoms with van der Waals surface area (Å²) in [5.41, 5.74) is 2.55. The lowest BCUT2D eigenvalue weighted by Gasteiger charge is -2.18. The topological polar surface area (TPSA) is 63.1 Å². The van der Waals surface area contributed by atoms with Crippen LogP contribution in [0.2, 0.25) is 5.02 Å². The lowest BCUT2D eigenvalue weighted by Crippen LogP contribution is -2.18. The molecule has 0 fully saturated rings. The third-order valence-electron chi connectivity index (χ3n) is 3.43. The average molecular weight is 342 g/mol. The van der Waals surface area contributed by atoms with Crippen molar-refractivity contribution in [3.8, 4) is 5.69 Å². The molecule has 0 aliphatic rings. The van der Waals surface area contributed by atoms with Gasteiger partial charge in [0, 0.05) is 37.7 Å². The monoisotopic (exact) mass is 341 g/mol. The van der Waals surface area contributed by atoms with Crippen molar-refractivity contribution in [1.82, 2.24) is 14.8 Å². The molecule has 2 aromatic heterocycles. The lowest BCUT2D eigenvalue weighted by molar-refractivity contribution is 0.102. The van der Waals surface area contributed by atoms with Crippen LogP contribution in [0.3, 0.4) is 0 Å². The molecule has 6 nitrogen and oxygen atoms in total. The van der Waals surface area contributed by atoms with E-state index in [0.29, 0.717) is 16.4 Å². The van der Waals surface area contributed by atoms with Gasteiger partial charge in [-0.15, -0.1) is 0 Å². The number of amides is 1. The molecule has 1 amide bonds. The summed E-state index contributed by atoms with van der Waals surface area (Å²) >= 11 is 6.05. The number of carbonyl (C=O) groups is 1. The van der Waals surface area contributed by atoms with Gasteiger partial charge in [0.05, 0.1) is 17.1 Å². The highest BCUT2D eigenvalue weighted by Gasteiger charge is 2.13. The Bertz CT molecular complexity index is 861. The maximum atomic E-state index is 12.6. The zero-order valence-electron chi connectivity index (χ0n) is 13.3. The highest BCUT2D eigenvalue weighted by molar-refractivity contribution is 6.31. The molecule has 0 saturated carbocycles. The Morgan fingerprint density at radius 1 is 1.21 bits per heavy atom. The van der Waals surface area contributed by atoms with Crippen molar-refractivity contribution in [1.29, 1.82) is 0 Å². The molecule has 0 aliphatic heterocycles. The molecule has 0 aliphatic carbocycles. The third kappa shape index (κ3) is 3.38. The molecule has 0 radical (unpaired) electrons. The van der Waals surface area contributed by atoms with Crippen LogP contribution in [0.15, 0.2) is 55.0 Å². The predicted octanol–water partition coefficient (Wildman–Crippen LogP) is 3.24. The summed E-state index contributed by atoms with van der Waals surface area (Å²) in [4.78, 5) is 18.6. The van der Waals surface area contributed by atoms with E-state index in [1.807, 2.05) is 31.1 Å². The fourth-order valence-corrected chi connectivity index (χ4v) is 2.46. The minimum Gasteiger partial charge on any atom is -0.376 e. The largest absolute Gasteiger partial charge is 0.376 e. The van der Waals surface area contributed by atoms with E-state index < -0.39 is 0 Å². The van der Waals surface area contributed by atoms with Gasteiger partial charge in [0.15, 0.2) is 0 Å². The van der Waals surface area contributed by atoms with Gasteiger partial charge in [-0.3, -0.25) is 9.78 Å². The van der Waals surface area contributed by atoms with E-state index in [4.69, 9.17) is 11.6 Å². The molecule has 3 aromatic rings. The molecule has 7 heteroatoms. The number of halogens is 1. The molecule has 122 valence electrons. The van der Waals surface area contributed by atoms with E-state index in [1.165, 1.54) is 0 Å². The number of hydrogen-bond donors (Lipinski definition) is 1. The third-order valence-corrected chi connectivity index (χ3v) is 3.67. The molecule has 1 aromatic carbocycles. The summed E-state index contributed by atoms with van der Waals surface area (Å²) in [6.45, 7) is 0. The number of pyridine rings is 1. The van der Waals surface area contributed by atoms with Crippen molar-refractivity contribution in [2.45, 2.75) is 0 Å². The van der Waals surface area contributed by atoms with Gasteiger partial charge in [0.2, 0.25) is 0 Å². The second kappa shape index (κ2) is 6.72. The van der Waals surface area contributed by atoms with Crippen molar-refractivity contribution in [3.05, 3.63) is 65.7 Å². The first-order valence-electron chi connectivity index (χ1n) is 7.29. The fraction of sp³-hybridized carbons (Fsp3) is 0.118. The van der Waals surface area contributed by atoms with Gasteiger partial charge in [-0.1, -0.05) is 11.6 Å². The Labute approximate surface area is 144 Å². The average Bonchev–Trinajstić information content (AvgIpc) is 3.09. The highest BCUT2D eigenvalue weighted by Crippen LogP contribution is 2.28. The zero-order chi connectivity index (χ0) is 17.1. The normalized spacial score (nSPS) is 10.5. The Morgan fingerprint density at radius 2 is 2.04 bits per heavy atom. The van der Waals surface area contributed by atoms with Crippen molar-refractivity contribution in [3.63, 3.8) is 0 Å². The summed E-state index contributed by atoms with van der Waals surface area (Å²) in [5.74, 6) is -0.311. The Hall–Kier alpha value is -2.86. The van der Waals surface area contributed by atoms with E-state index in [1.54, 1.807) is 47.5 Å². The van der Waals surface area contributed by atoms with Gasteiger partial charge < -0.3 is 10.2 Å². The molecule has 0 unspecified atom stereocenters. The highest BCUT2D eigenvalue weighted by atomic mass is 35.5. The van der Waals surface area contributed by atoms with Crippen LogP contribution in [0.5, 0.6) is 0 Å². The first kappa shape index (κ1) is 16.0. The lowest BCUT2D eigenvalue weighted by atomic mass is 10.2. The number of anilines is 2. The quantitative estimate of drug-likeness (QED) is 0.791. The molecule has 0 saturated heterocycles. The summed E-state index contributed by atoms with van der Waals surface area (Å²) < 4.78 is 1.67. The van der Waals surface area contributed by atoms with Crippen LogP contribution >= 0.6 is 11.6 Å². The Kier molecular flexibility index (Phi) is 4.48. The van der Waals surface area contributed by atoms with Crippen molar-refractivity contribution < 1.29 is 4.79 Å². The molecular weight excluding hydrogens is 326 g/mol. The standard InChI is InChI=1S/C17H16ClN5O/c1-22(2)16-5-4-12(18)10-14(16)21-17(24)15-11-13(6-8-19-15)23-9-3-7-20-23/h3-11H,1-2H3,(H,21,24). The molecule has 3 rings (SSSR count). The van der Waals surface area contributed by atoms with Gasteiger partial charge in [0.1, 0.15) is 5.69 Å². The molecule has 24 heavy (non-hydrogen) atoms. The van der Waals surface area contributed by atoms with Gasteiger partial charge in [-0.25, -0.2) is 4.68 Å². The number of hydrogen-bond acceptors (Lipinski definition) is 4. The summed E-state index contributed by atoms with van der Waals surface area (Å²) in [5, 5.41) is 7.57. The first-order valence-corrected chi connectivity index (χ1v) is 7.66. The molecule has 0 bridgehead atoms. The second-order valence-electron chi connectivity index (χ2n) is 5.36. The molecule has 1 N–H and O–H groups in total. The number of aromatic nitrogens is 3. The van der Waals surface area contributed by atoms with Crippen LogP contribution in [0.25, 0.3) is 5.69 Å². The van der Waals surface area contributed by atoms with Gasteiger partial charge in [-0.2, -0.15) is 5.10 Å². The number of carbonyl (C=O) groups excluding carboxylic acids is 1.